The lowest BCUT2D eigenvalue weighted by atomic mass is 10.0. The molecule has 0 saturated heterocycles. The van der Waals surface area contributed by atoms with E-state index in [0.717, 1.165) is 0 Å². The summed E-state index contributed by atoms with van der Waals surface area (Å²) in [6.45, 7) is 0. The second-order valence-corrected chi connectivity index (χ2v) is 6.17. The minimum absolute atomic E-state index is 0.0708. The second kappa shape index (κ2) is 6.08. The van der Waals surface area contributed by atoms with Crippen molar-refractivity contribution in [3.05, 3.63) is 54.7 Å². The molecule has 0 spiro atoms. The van der Waals surface area contributed by atoms with Crippen LogP contribution in [-0.4, -0.2) is 18.0 Å². The minimum Gasteiger partial charge on any atom is -0.506 e. The van der Waals surface area contributed by atoms with Crippen molar-refractivity contribution in [1.29, 1.82) is 0 Å². The van der Waals surface area contributed by atoms with Gasteiger partial charge in [0, 0.05) is 11.1 Å². The highest BCUT2D eigenvalue weighted by Gasteiger charge is 2.13. The molecule has 0 aromatic heterocycles. The first kappa shape index (κ1) is 14.6. The molecule has 3 nitrogen and oxygen atoms in total. The van der Waals surface area contributed by atoms with Crippen LogP contribution in [0.4, 0.5) is 0 Å². The zero-order valence-corrected chi connectivity index (χ0v) is 14.3. The number of carbonyl (C=O) groups is 1. The fraction of sp³-hybridized carbons (Fsp3) is 0.0714. The summed E-state index contributed by atoms with van der Waals surface area (Å²) in [5.41, 5.74) is 1.16. The number of phenolic OH excluding ortho intramolecular Hbond substituents is 1. The Kier molecular flexibility index (Phi) is 4.67. The van der Waals surface area contributed by atoms with Gasteiger partial charge in [-0.2, -0.15) is 0 Å². The van der Waals surface area contributed by atoms with E-state index < -0.39 is 0 Å². The lowest BCUT2D eigenvalue weighted by Gasteiger charge is -2.06. The third kappa shape index (κ3) is 3.19. The molecular formula is C14H10I2O3. The molecule has 0 aliphatic rings. The SMILES string of the molecule is COc1ccc(C(=O)c2cc(I)c(O)c(I)c2)cc1. The van der Waals surface area contributed by atoms with Gasteiger partial charge in [-0.1, -0.05) is 0 Å². The van der Waals surface area contributed by atoms with Crippen molar-refractivity contribution in [3.63, 3.8) is 0 Å². The van der Waals surface area contributed by atoms with Gasteiger partial charge in [0.25, 0.3) is 0 Å². The number of hydrogen-bond acceptors (Lipinski definition) is 3. The number of methoxy groups -OCH3 is 1. The number of ether oxygens (including phenoxy) is 1. The quantitative estimate of drug-likeness (QED) is 0.537. The highest BCUT2D eigenvalue weighted by molar-refractivity contribution is 14.1. The summed E-state index contributed by atoms with van der Waals surface area (Å²) in [6.07, 6.45) is 0. The zero-order valence-electron chi connectivity index (χ0n) is 9.98. The van der Waals surface area contributed by atoms with Gasteiger partial charge in [-0.05, 0) is 81.6 Å². The molecule has 0 saturated carbocycles. The molecule has 1 N–H and O–H groups in total. The van der Waals surface area contributed by atoms with E-state index in [1.807, 2.05) is 45.2 Å². The number of carbonyl (C=O) groups excluding carboxylic acids is 1. The van der Waals surface area contributed by atoms with Crippen molar-refractivity contribution in [2.75, 3.05) is 7.11 Å². The molecule has 0 aliphatic carbocycles. The maximum atomic E-state index is 12.3. The Bertz CT molecular complexity index is 598. The van der Waals surface area contributed by atoms with E-state index in [4.69, 9.17) is 4.74 Å². The first-order valence-corrected chi connectivity index (χ1v) is 7.55. The fourth-order valence-electron chi connectivity index (χ4n) is 1.61. The molecular weight excluding hydrogens is 470 g/mol. The largest absolute Gasteiger partial charge is 0.506 e. The highest BCUT2D eigenvalue weighted by Crippen LogP contribution is 2.28. The van der Waals surface area contributed by atoms with Gasteiger partial charge in [-0.3, -0.25) is 4.79 Å². The number of phenols is 1. The summed E-state index contributed by atoms with van der Waals surface area (Å²) in [4.78, 5) is 12.3. The van der Waals surface area contributed by atoms with Crippen LogP contribution in [-0.2, 0) is 0 Å². The van der Waals surface area contributed by atoms with Gasteiger partial charge in [0.1, 0.15) is 11.5 Å². The Morgan fingerprint density at radius 2 is 1.58 bits per heavy atom. The summed E-state index contributed by atoms with van der Waals surface area (Å²) in [5, 5.41) is 9.71. The lowest BCUT2D eigenvalue weighted by molar-refractivity contribution is 0.103. The Hall–Kier alpha value is -0.830. The number of halogens is 2. The van der Waals surface area contributed by atoms with E-state index in [9.17, 15) is 9.90 Å². The molecule has 5 heteroatoms. The molecule has 0 unspecified atom stereocenters. The van der Waals surface area contributed by atoms with Crippen LogP contribution in [0.25, 0.3) is 0 Å². The van der Waals surface area contributed by atoms with E-state index in [0.29, 0.717) is 24.0 Å². The van der Waals surface area contributed by atoms with Gasteiger partial charge in [0.15, 0.2) is 5.78 Å². The van der Waals surface area contributed by atoms with E-state index in [1.54, 1.807) is 43.5 Å². The summed E-state index contributed by atoms with van der Waals surface area (Å²) in [5.74, 6) is 0.859. The van der Waals surface area contributed by atoms with Crippen LogP contribution in [0.15, 0.2) is 36.4 Å². The molecule has 98 valence electrons. The van der Waals surface area contributed by atoms with Crippen LogP contribution in [0.1, 0.15) is 15.9 Å². The Balaban J connectivity index is 2.38. The maximum Gasteiger partial charge on any atom is 0.193 e. The number of aromatic hydroxyl groups is 1. The molecule has 0 amide bonds. The number of benzene rings is 2. The molecule has 0 aliphatic heterocycles. The molecule has 0 fully saturated rings. The average molecular weight is 480 g/mol. The molecule has 0 heterocycles. The van der Waals surface area contributed by atoms with Gasteiger partial charge in [0.2, 0.25) is 0 Å². The van der Waals surface area contributed by atoms with Crippen LogP contribution >= 0.6 is 45.2 Å². The van der Waals surface area contributed by atoms with E-state index in [2.05, 4.69) is 0 Å². The summed E-state index contributed by atoms with van der Waals surface area (Å²) in [6, 6.07) is 10.3. The Morgan fingerprint density at radius 3 is 2.05 bits per heavy atom. The molecule has 0 atom stereocenters. The first-order chi connectivity index (χ1) is 9.02. The molecule has 2 rings (SSSR count). The summed E-state index contributed by atoms with van der Waals surface area (Å²) in [7, 11) is 1.58. The highest BCUT2D eigenvalue weighted by atomic mass is 127. The van der Waals surface area contributed by atoms with E-state index in [-0.39, 0.29) is 11.5 Å². The van der Waals surface area contributed by atoms with Gasteiger partial charge < -0.3 is 9.84 Å². The van der Waals surface area contributed by atoms with Crippen molar-refractivity contribution < 1.29 is 14.6 Å². The average Bonchev–Trinajstić information content (AvgIpc) is 2.43. The van der Waals surface area contributed by atoms with Crippen molar-refractivity contribution in [1.82, 2.24) is 0 Å². The predicted molar refractivity (Wildman–Crippen MR) is 90.0 cm³/mol. The lowest BCUT2D eigenvalue weighted by Crippen LogP contribution is -2.02. The van der Waals surface area contributed by atoms with E-state index in [1.165, 1.54) is 0 Å². The van der Waals surface area contributed by atoms with Gasteiger partial charge >= 0.3 is 0 Å². The number of rotatable bonds is 3. The van der Waals surface area contributed by atoms with Crippen molar-refractivity contribution in [3.8, 4) is 11.5 Å². The van der Waals surface area contributed by atoms with Crippen LogP contribution in [0.2, 0.25) is 0 Å². The van der Waals surface area contributed by atoms with Gasteiger partial charge in [0.05, 0.1) is 14.3 Å². The van der Waals surface area contributed by atoms with Gasteiger partial charge in [-0.25, -0.2) is 0 Å². The fourth-order valence-corrected chi connectivity index (χ4v) is 3.37. The maximum absolute atomic E-state index is 12.3. The van der Waals surface area contributed by atoms with Gasteiger partial charge in [-0.15, -0.1) is 0 Å². The Labute approximate surface area is 138 Å². The summed E-state index contributed by atoms with van der Waals surface area (Å²) < 4.78 is 6.40. The van der Waals surface area contributed by atoms with E-state index >= 15 is 0 Å². The summed E-state index contributed by atoms with van der Waals surface area (Å²) >= 11 is 4.03. The monoisotopic (exact) mass is 480 g/mol. The normalized spacial score (nSPS) is 10.3. The second-order valence-electron chi connectivity index (χ2n) is 3.85. The first-order valence-electron chi connectivity index (χ1n) is 5.39. The molecule has 0 bridgehead atoms. The topological polar surface area (TPSA) is 46.5 Å². The van der Waals surface area contributed by atoms with Crippen molar-refractivity contribution >= 4 is 51.0 Å². The van der Waals surface area contributed by atoms with Crippen LogP contribution in [0.5, 0.6) is 11.5 Å². The van der Waals surface area contributed by atoms with Crippen molar-refractivity contribution in [2.24, 2.45) is 0 Å². The Morgan fingerprint density at radius 1 is 1.05 bits per heavy atom. The third-order valence-corrected chi connectivity index (χ3v) is 4.28. The predicted octanol–water partition coefficient (Wildman–Crippen LogP) is 3.84. The minimum atomic E-state index is -0.0708. The molecule has 2 aromatic carbocycles. The zero-order chi connectivity index (χ0) is 14.0. The standard InChI is InChI=1S/C14H10I2O3/c1-19-10-4-2-8(3-5-10)13(17)9-6-11(15)14(18)12(16)7-9/h2-7,18H,1H3. The van der Waals surface area contributed by atoms with Crippen molar-refractivity contribution in [2.45, 2.75) is 0 Å². The molecule has 2 aromatic rings. The number of ketones is 1. The number of hydrogen-bond donors (Lipinski definition) is 1. The molecule has 0 radical (unpaired) electrons. The smallest absolute Gasteiger partial charge is 0.193 e. The van der Waals surface area contributed by atoms with Crippen LogP contribution < -0.4 is 4.74 Å². The van der Waals surface area contributed by atoms with Crippen LogP contribution in [0, 0.1) is 7.14 Å². The third-order valence-electron chi connectivity index (χ3n) is 2.63. The van der Waals surface area contributed by atoms with Crippen LogP contribution in [0.3, 0.4) is 0 Å². The molecule has 19 heavy (non-hydrogen) atoms.